The first kappa shape index (κ1) is 18.4. The number of nitrogens with one attached hydrogen (secondary N) is 1. The van der Waals surface area contributed by atoms with Crippen LogP contribution in [0.15, 0.2) is 54.6 Å². The smallest absolute Gasteiger partial charge is 0.255 e. The van der Waals surface area contributed by atoms with E-state index in [2.05, 4.69) is 5.32 Å². The van der Waals surface area contributed by atoms with E-state index in [4.69, 9.17) is 4.74 Å². The number of hydrogen-bond acceptors (Lipinski definition) is 4. The fourth-order valence-electron chi connectivity index (χ4n) is 2.98. The van der Waals surface area contributed by atoms with E-state index in [0.717, 1.165) is 12.8 Å². The van der Waals surface area contributed by atoms with E-state index in [-0.39, 0.29) is 11.9 Å². The molecule has 26 heavy (non-hydrogen) atoms. The minimum Gasteiger partial charge on any atom is -0.457 e. The van der Waals surface area contributed by atoms with E-state index in [0.29, 0.717) is 30.2 Å². The Balaban J connectivity index is 1.72. The second kappa shape index (κ2) is 7.88. The number of benzene rings is 2. The van der Waals surface area contributed by atoms with Crippen LogP contribution >= 0.6 is 0 Å². The van der Waals surface area contributed by atoms with Gasteiger partial charge in [-0.25, -0.2) is 12.7 Å². The molecule has 1 amide bonds. The van der Waals surface area contributed by atoms with Crippen LogP contribution in [0.5, 0.6) is 11.5 Å². The molecule has 0 radical (unpaired) electrons. The molecule has 3 rings (SSSR count). The van der Waals surface area contributed by atoms with Crippen LogP contribution in [0.3, 0.4) is 0 Å². The van der Waals surface area contributed by atoms with Crippen LogP contribution in [-0.4, -0.2) is 44.0 Å². The third-order valence-corrected chi connectivity index (χ3v) is 5.56. The molecule has 2 aromatic rings. The lowest BCUT2D eigenvalue weighted by Gasteiger charge is -2.31. The largest absolute Gasteiger partial charge is 0.457 e. The fraction of sp³-hybridized carbons (Fsp3) is 0.316. The molecule has 1 unspecified atom stereocenters. The SMILES string of the molecule is CS(=O)(=O)N1CCCC(NC(=O)c2ccccc2Oc2ccccc2)C1. The number of ether oxygens (including phenoxy) is 1. The van der Waals surface area contributed by atoms with Gasteiger partial charge in [0.25, 0.3) is 5.91 Å². The lowest BCUT2D eigenvalue weighted by Crippen LogP contribution is -2.49. The Labute approximate surface area is 153 Å². The van der Waals surface area contributed by atoms with E-state index < -0.39 is 10.0 Å². The van der Waals surface area contributed by atoms with E-state index in [1.54, 1.807) is 24.3 Å². The molecule has 1 saturated heterocycles. The molecule has 0 aromatic heterocycles. The monoisotopic (exact) mass is 374 g/mol. The summed E-state index contributed by atoms with van der Waals surface area (Å²) >= 11 is 0. The molecule has 0 bridgehead atoms. The highest BCUT2D eigenvalue weighted by Crippen LogP contribution is 2.25. The van der Waals surface area contributed by atoms with Crippen molar-refractivity contribution in [2.24, 2.45) is 0 Å². The molecule has 0 aliphatic carbocycles. The van der Waals surface area contributed by atoms with Gasteiger partial charge < -0.3 is 10.1 Å². The summed E-state index contributed by atoms with van der Waals surface area (Å²) in [6, 6.07) is 16.1. The van der Waals surface area contributed by atoms with Crippen molar-refractivity contribution < 1.29 is 17.9 Å². The molecular weight excluding hydrogens is 352 g/mol. The highest BCUT2D eigenvalue weighted by Gasteiger charge is 2.27. The van der Waals surface area contributed by atoms with Crippen LogP contribution in [0.25, 0.3) is 0 Å². The van der Waals surface area contributed by atoms with Crippen LogP contribution in [0.2, 0.25) is 0 Å². The average Bonchev–Trinajstić information content (AvgIpc) is 2.62. The molecule has 1 N–H and O–H groups in total. The predicted molar refractivity (Wildman–Crippen MR) is 99.9 cm³/mol. The molecule has 1 fully saturated rings. The molecule has 0 spiro atoms. The molecule has 1 aliphatic heterocycles. The van der Waals surface area contributed by atoms with Gasteiger partial charge in [0.2, 0.25) is 10.0 Å². The van der Waals surface area contributed by atoms with Gasteiger partial charge in [0, 0.05) is 19.1 Å². The minimum atomic E-state index is -3.25. The van der Waals surface area contributed by atoms with Gasteiger partial charge in [-0.15, -0.1) is 0 Å². The third-order valence-electron chi connectivity index (χ3n) is 4.29. The molecule has 1 aliphatic rings. The summed E-state index contributed by atoms with van der Waals surface area (Å²) in [4.78, 5) is 12.7. The van der Waals surface area contributed by atoms with Gasteiger partial charge in [0.15, 0.2) is 0 Å². The second-order valence-electron chi connectivity index (χ2n) is 6.34. The van der Waals surface area contributed by atoms with Crippen molar-refractivity contribution in [2.75, 3.05) is 19.3 Å². The van der Waals surface area contributed by atoms with Gasteiger partial charge in [-0.1, -0.05) is 30.3 Å². The van der Waals surface area contributed by atoms with Crippen LogP contribution in [0, 0.1) is 0 Å². The molecule has 1 atom stereocenters. The predicted octanol–water partition coefficient (Wildman–Crippen LogP) is 2.63. The Morgan fingerprint density at radius 1 is 1.12 bits per heavy atom. The summed E-state index contributed by atoms with van der Waals surface area (Å²) < 4.78 is 30.7. The molecule has 0 saturated carbocycles. The first-order valence-corrected chi connectivity index (χ1v) is 10.4. The first-order chi connectivity index (χ1) is 12.4. The summed E-state index contributed by atoms with van der Waals surface area (Å²) in [5.74, 6) is 0.845. The van der Waals surface area contributed by atoms with Crippen LogP contribution in [0.4, 0.5) is 0 Å². The molecule has 7 heteroatoms. The number of rotatable bonds is 5. The van der Waals surface area contributed by atoms with Crippen molar-refractivity contribution in [2.45, 2.75) is 18.9 Å². The minimum absolute atomic E-state index is 0.212. The number of amides is 1. The fourth-order valence-corrected chi connectivity index (χ4v) is 3.89. The van der Waals surface area contributed by atoms with Gasteiger partial charge in [-0.3, -0.25) is 4.79 Å². The van der Waals surface area contributed by atoms with Crippen molar-refractivity contribution >= 4 is 15.9 Å². The summed E-state index contributed by atoms with van der Waals surface area (Å²) in [7, 11) is -3.25. The van der Waals surface area contributed by atoms with Crippen LogP contribution in [-0.2, 0) is 10.0 Å². The third kappa shape index (κ3) is 4.62. The Morgan fingerprint density at radius 2 is 1.81 bits per heavy atom. The van der Waals surface area contributed by atoms with Gasteiger partial charge in [-0.05, 0) is 37.1 Å². The van der Waals surface area contributed by atoms with Gasteiger partial charge in [0.05, 0.1) is 11.8 Å². The topological polar surface area (TPSA) is 75.7 Å². The lowest BCUT2D eigenvalue weighted by atomic mass is 10.1. The molecular formula is C19H22N2O4S. The number of carbonyl (C=O) groups excluding carboxylic acids is 1. The zero-order chi connectivity index (χ0) is 18.6. The quantitative estimate of drug-likeness (QED) is 0.873. The van der Waals surface area contributed by atoms with Crippen molar-refractivity contribution in [1.82, 2.24) is 9.62 Å². The average molecular weight is 374 g/mol. The maximum atomic E-state index is 12.7. The summed E-state index contributed by atoms with van der Waals surface area (Å²) in [6.07, 6.45) is 2.67. The van der Waals surface area contributed by atoms with Crippen molar-refractivity contribution in [1.29, 1.82) is 0 Å². The van der Waals surface area contributed by atoms with Gasteiger partial charge in [-0.2, -0.15) is 0 Å². The zero-order valence-electron chi connectivity index (χ0n) is 14.6. The second-order valence-corrected chi connectivity index (χ2v) is 8.33. The van der Waals surface area contributed by atoms with Crippen molar-refractivity contribution in [3.05, 3.63) is 60.2 Å². The molecule has 138 valence electrons. The maximum absolute atomic E-state index is 12.7. The number of carbonyl (C=O) groups is 1. The molecule has 6 nitrogen and oxygen atoms in total. The summed E-state index contributed by atoms with van der Waals surface area (Å²) in [5, 5.41) is 2.94. The van der Waals surface area contributed by atoms with E-state index in [1.807, 2.05) is 30.3 Å². The number of nitrogens with zero attached hydrogens (tertiary/aromatic N) is 1. The van der Waals surface area contributed by atoms with E-state index in [1.165, 1.54) is 10.6 Å². The van der Waals surface area contributed by atoms with Crippen LogP contribution < -0.4 is 10.1 Å². The molecule has 1 heterocycles. The Bertz CT molecular complexity index is 868. The van der Waals surface area contributed by atoms with Gasteiger partial charge in [0.1, 0.15) is 11.5 Å². The highest BCUT2D eigenvalue weighted by molar-refractivity contribution is 7.88. The number of sulfonamides is 1. The Morgan fingerprint density at radius 3 is 2.54 bits per heavy atom. The summed E-state index contributed by atoms with van der Waals surface area (Å²) in [6.45, 7) is 0.797. The summed E-state index contributed by atoms with van der Waals surface area (Å²) in [5.41, 5.74) is 0.424. The van der Waals surface area contributed by atoms with Crippen molar-refractivity contribution in [3.8, 4) is 11.5 Å². The standard InChI is InChI=1S/C19H22N2O4S/c1-26(23,24)21-13-7-8-15(14-21)20-19(22)17-11-5-6-12-18(17)25-16-9-3-2-4-10-16/h2-6,9-12,15H,7-8,13-14H2,1H3,(H,20,22). The Kier molecular flexibility index (Phi) is 5.58. The Hall–Kier alpha value is -2.38. The number of hydrogen-bond donors (Lipinski definition) is 1. The lowest BCUT2D eigenvalue weighted by molar-refractivity contribution is 0.0919. The van der Waals surface area contributed by atoms with Crippen molar-refractivity contribution in [3.63, 3.8) is 0 Å². The number of piperidine rings is 1. The normalized spacial score (nSPS) is 18.3. The highest BCUT2D eigenvalue weighted by atomic mass is 32.2. The zero-order valence-corrected chi connectivity index (χ0v) is 15.4. The first-order valence-electron chi connectivity index (χ1n) is 8.51. The van der Waals surface area contributed by atoms with Gasteiger partial charge >= 0.3 is 0 Å². The number of para-hydroxylation sites is 2. The maximum Gasteiger partial charge on any atom is 0.255 e. The van der Waals surface area contributed by atoms with E-state index in [9.17, 15) is 13.2 Å². The van der Waals surface area contributed by atoms with E-state index >= 15 is 0 Å². The van der Waals surface area contributed by atoms with Crippen LogP contribution in [0.1, 0.15) is 23.2 Å². The molecule has 2 aromatic carbocycles.